The van der Waals surface area contributed by atoms with Crippen LogP contribution in [0.15, 0.2) is 12.1 Å². The molecule has 0 spiro atoms. The van der Waals surface area contributed by atoms with Crippen molar-refractivity contribution in [2.45, 2.75) is 33.6 Å². The smallest absolute Gasteiger partial charge is 0.253 e. The SMILES string of the molecule is CCC(CCO)CNC(=O)c1ccc(C)nc1C. The number of hydrogen-bond donors (Lipinski definition) is 2. The van der Waals surface area contributed by atoms with Gasteiger partial charge in [0.15, 0.2) is 0 Å². The van der Waals surface area contributed by atoms with Crippen LogP contribution in [0.1, 0.15) is 41.5 Å². The number of carbonyl (C=O) groups excluding carboxylic acids is 1. The summed E-state index contributed by atoms with van der Waals surface area (Å²) in [5.74, 6) is 0.244. The van der Waals surface area contributed by atoms with Crippen LogP contribution in [-0.4, -0.2) is 29.1 Å². The Morgan fingerprint density at radius 1 is 1.44 bits per heavy atom. The maximum Gasteiger partial charge on any atom is 0.253 e. The van der Waals surface area contributed by atoms with Gasteiger partial charge in [0.2, 0.25) is 0 Å². The number of nitrogens with one attached hydrogen (secondary N) is 1. The second-order valence-corrected chi connectivity index (χ2v) is 4.58. The Kier molecular flexibility index (Phi) is 5.78. The Balaban J connectivity index is 2.59. The highest BCUT2D eigenvalue weighted by Gasteiger charge is 2.12. The van der Waals surface area contributed by atoms with Gasteiger partial charge in [-0.15, -0.1) is 0 Å². The van der Waals surface area contributed by atoms with Crippen molar-refractivity contribution in [1.82, 2.24) is 10.3 Å². The van der Waals surface area contributed by atoms with Crippen molar-refractivity contribution in [3.8, 4) is 0 Å². The van der Waals surface area contributed by atoms with Gasteiger partial charge in [0.25, 0.3) is 5.91 Å². The summed E-state index contributed by atoms with van der Waals surface area (Å²) in [5.41, 5.74) is 2.29. The third-order valence-electron chi connectivity index (χ3n) is 3.14. The molecule has 1 aromatic heterocycles. The van der Waals surface area contributed by atoms with E-state index < -0.39 is 0 Å². The van der Waals surface area contributed by atoms with Crippen molar-refractivity contribution >= 4 is 5.91 Å². The minimum Gasteiger partial charge on any atom is -0.396 e. The molecule has 1 amide bonds. The summed E-state index contributed by atoms with van der Waals surface area (Å²) in [6.45, 7) is 6.57. The van der Waals surface area contributed by atoms with Crippen LogP contribution in [0.2, 0.25) is 0 Å². The van der Waals surface area contributed by atoms with Crippen molar-refractivity contribution in [3.63, 3.8) is 0 Å². The fourth-order valence-electron chi connectivity index (χ4n) is 1.89. The standard InChI is InChI=1S/C14H22N2O2/c1-4-12(7-8-17)9-15-14(18)13-6-5-10(2)16-11(13)3/h5-6,12,17H,4,7-9H2,1-3H3,(H,15,18). The first kappa shape index (κ1) is 14.6. The number of aryl methyl sites for hydroxylation is 2. The summed E-state index contributed by atoms with van der Waals surface area (Å²) >= 11 is 0. The first-order valence-electron chi connectivity index (χ1n) is 6.41. The number of aromatic nitrogens is 1. The third kappa shape index (κ3) is 4.11. The molecule has 0 saturated heterocycles. The molecule has 2 N–H and O–H groups in total. The number of pyridine rings is 1. The van der Waals surface area contributed by atoms with E-state index in [-0.39, 0.29) is 12.5 Å². The molecule has 1 atom stereocenters. The maximum absolute atomic E-state index is 12.0. The molecule has 1 rings (SSSR count). The first-order valence-corrected chi connectivity index (χ1v) is 6.41. The van der Waals surface area contributed by atoms with Crippen LogP contribution in [0.5, 0.6) is 0 Å². The van der Waals surface area contributed by atoms with E-state index in [1.54, 1.807) is 6.07 Å². The van der Waals surface area contributed by atoms with E-state index in [9.17, 15) is 4.79 Å². The average Bonchev–Trinajstić information content (AvgIpc) is 2.34. The fraction of sp³-hybridized carbons (Fsp3) is 0.571. The lowest BCUT2D eigenvalue weighted by atomic mass is 10.0. The van der Waals surface area contributed by atoms with Gasteiger partial charge in [0.05, 0.1) is 11.3 Å². The highest BCUT2D eigenvalue weighted by atomic mass is 16.3. The molecular formula is C14H22N2O2. The Hall–Kier alpha value is -1.42. The van der Waals surface area contributed by atoms with Gasteiger partial charge in [-0.2, -0.15) is 0 Å². The molecule has 0 aromatic carbocycles. The largest absolute Gasteiger partial charge is 0.396 e. The molecule has 0 bridgehead atoms. The predicted octanol–water partition coefficient (Wildman–Crippen LogP) is 1.84. The van der Waals surface area contributed by atoms with Crippen LogP contribution >= 0.6 is 0 Å². The molecule has 0 saturated carbocycles. The number of aliphatic hydroxyl groups excluding tert-OH is 1. The van der Waals surface area contributed by atoms with Crippen molar-refractivity contribution < 1.29 is 9.90 Å². The number of amides is 1. The Labute approximate surface area is 108 Å². The van der Waals surface area contributed by atoms with E-state index in [2.05, 4.69) is 17.2 Å². The highest BCUT2D eigenvalue weighted by molar-refractivity contribution is 5.95. The molecule has 1 heterocycles. The van der Waals surface area contributed by atoms with E-state index in [1.165, 1.54) is 0 Å². The van der Waals surface area contributed by atoms with Gasteiger partial charge in [-0.25, -0.2) is 0 Å². The maximum atomic E-state index is 12.0. The van der Waals surface area contributed by atoms with E-state index in [4.69, 9.17) is 5.11 Å². The zero-order chi connectivity index (χ0) is 13.5. The molecule has 4 nitrogen and oxygen atoms in total. The summed E-state index contributed by atoms with van der Waals surface area (Å²) in [7, 11) is 0. The summed E-state index contributed by atoms with van der Waals surface area (Å²) in [5, 5.41) is 11.8. The number of rotatable bonds is 6. The van der Waals surface area contributed by atoms with E-state index in [0.717, 1.165) is 24.2 Å². The number of carbonyl (C=O) groups is 1. The molecule has 1 aromatic rings. The van der Waals surface area contributed by atoms with Crippen molar-refractivity contribution in [2.24, 2.45) is 5.92 Å². The van der Waals surface area contributed by atoms with Gasteiger partial charge in [-0.3, -0.25) is 9.78 Å². The zero-order valence-corrected chi connectivity index (χ0v) is 11.4. The predicted molar refractivity (Wildman–Crippen MR) is 71.5 cm³/mol. The number of nitrogens with zero attached hydrogens (tertiary/aromatic N) is 1. The topological polar surface area (TPSA) is 62.2 Å². The van der Waals surface area contributed by atoms with Gasteiger partial charge < -0.3 is 10.4 Å². The van der Waals surface area contributed by atoms with E-state index in [1.807, 2.05) is 19.9 Å². The van der Waals surface area contributed by atoms with Crippen LogP contribution in [0.3, 0.4) is 0 Å². The highest BCUT2D eigenvalue weighted by Crippen LogP contribution is 2.09. The van der Waals surface area contributed by atoms with Crippen LogP contribution < -0.4 is 5.32 Å². The summed E-state index contributed by atoms with van der Waals surface area (Å²) < 4.78 is 0. The fourth-order valence-corrected chi connectivity index (χ4v) is 1.89. The van der Waals surface area contributed by atoms with Crippen molar-refractivity contribution in [2.75, 3.05) is 13.2 Å². The van der Waals surface area contributed by atoms with Crippen LogP contribution in [0.25, 0.3) is 0 Å². The molecule has 18 heavy (non-hydrogen) atoms. The van der Waals surface area contributed by atoms with Crippen molar-refractivity contribution in [3.05, 3.63) is 29.1 Å². The minimum atomic E-state index is -0.0867. The molecule has 0 fully saturated rings. The van der Waals surface area contributed by atoms with Crippen LogP contribution in [-0.2, 0) is 0 Å². The van der Waals surface area contributed by atoms with Gasteiger partial charge in [0.1, 0.15) is 0 Å². The lowest BCUT2D eigenvalue weighted by Crippen LogP contribution is -2.30. The molecule has 0 aliphatic rings. The summed E-state index contributed by atoms with van der Waals surface area (Å²) in [6.07, 6.45) is 1.67. The molecular weight excluding hydrogens is 228 g/mol. The molecule has 1 unspecified atom stereocenters. The lowest BCUT2D eigenvalue weighted by molar-refractivity contribution is 0.0942. The van der Waals surface area contributed by atoms with Gasteiger partial charge in [-0.1, -0.05) is 13.3 Å². The third-order valence-corrected chi connectivity index (χ3v) is 3.14. The second-order valence-electron chi connectivity index (χ2n) is 4.58. The van der Waals surface area contributed by atoms with Crippen molar-refractivity contribution in [1.29, 1.82) is 0 Å². The molecule has 100 valence electrons. The summed E-state index contributed by atoms with van der Waals surface area (Å²) in [6, 6.07) is 3.65. The number of aliphatic hydroxyl groups is 1. The van der Waals surface area contributed by atoms with Gasteiger partial charge in [0, 0.05) is 18.8 Å². The second kappa shape index (κ2) is 7.11. The quantitative estimate of drug-likeness (QED) is 0.809. The Bertz CT molecular complexity index is 405. The van der Waals surface area contributed by atoms with E-state index in [0.29, 0.717) is 18.0 Å². The minimum absolute atomic E-state index is 0.0867. The molecule has 0 radical (unpaired) electrons. The lowest BCUT2D eigenvalue weighted by Gasteiger charge is -2.14. The van der Waals surface area contributed by atoms with Gasteiger partial charge in [-0.05, 0) is 38.3 Å². The van der Waals surface area contributed by atoms with Crippen LogP contribution in [0, 0.1) is 19.8 Å². The zero-order valence-electron chi connectivity index (χ0n) is 11.4. The molecule has 0 aliphatic carbocycles. The molecule has 4 heteroatoms. The monoisotopic (exact) mass is 250 g/mol. The summed E-state index contributed by atoms with van der Waals surface area (Å²) in [4.78, 5) is 16.3. The normalized spacial score (nSPS) is 12.2. The average molecular weight is 250 g/mol. The molecule has 0 aliphatic heterocycles. The van der Waals surface area contributed by atoms with Crippen LogP contribution in [0.4, 0.5) is 0 Å². The number of hydrogen-bond acceptors (Lipinski definition) is 3. The Morgan fingerprint density at radius 3 is 2.72 bits per heavy atom. The van der Waals surface area contributed by atoms with Gasteiger partial charge >= 0.3 is 0 Å². The Morgan fingerprint density at radius 2 is 2.17 bits per heavy atom. The first-order chi connectivity index (χ1) is 8.58. The van der Waals surface area contributed by atoms with E-state index >= 15 is 0 Å².